The average molecular weight is 361 g/mol. The largest absolute Gasteiger partial charge is 0.279 e. The normalized spacial score (nSPS) is 11.8. The first kappa shape index (κ1) is 16.6. The van der Waals surface area contributed by atoms with Gasteiger partial charge in [0.15, 0.2) is 0 Å². The smallest absolute Gasteiger partial charge is 0.261 e. The van der Waals surface area contributed by atoms with Gasteiger partial charge in [0.1, 0.15) is 0 Å². The molecule has 0 unspecified atom stereocenters. The summed E-state index contributed by atoms with van der Waals surface area (Å²) in [6.07, 6.45) is 0. The molecule has 0 saturated carbocycles. The lowest BCUT2D eigenvalue weighted by Gasteiger charge is -2.14. The van der Waals surface area contributed by atoms with E-state index in [2.05, 4.69) is 16.9 Å². The second kappa shape index (κ2) is 6.15. The van der Waals surface area contributed by atoms with Crippen LogP contribution in [0.2, 0.25) is 0 Å². The van der Waals surface area contributed by atoms with Crippen molar-refractivity contribution >= 4 is 37.3 Å². The van der Waals surface area contributed by atoms with Crippen molar-refractivity contribution in [2.24, 2.45) is 0 Å². The number of nitrogens with one attached hydrogen (secondary N) is 1. The van der Waals surface area contributed by atoms with Crippen molar-refractivity contribution in [2.75, 3.05) is 4.72 Å². The second-order valence-electron chi connectivity index (χ2n) is 6.61. The van der Waals surface area contributed by atoms with E-state index in [1.165, 1.54) is 0 Å². The van der Waals surface area contributed by atoms with Crippen LogP contribution >= 0.6 is 0 Å². The fourth-order valence-corrected chi connectivity index (χ4v) is 4.29. The van der Waals surface area contributed by atoms with Gasteiger partial charge < -0.3 is 0 Å². The maximum absolute atomic E-state index is 12.8. The Bertz CT molecular complexity index is 1230. The van der Waals surface area contributed by atoms with Gasteiger partial charge in [0, 0.05) is 5.39 Å². The lowest BCUT2D eigenvalue weighted by atomic mass is 9.99. The van der Waals surface area contributed by atoms with E-state index in [1.54, 1.807) is 24.3 Å². The van der Waals surface area contributed by atoms with Gasteiger partial charge in [-0.25, -0.2) is 8.42 Å². The SMILES string of the molecule is Cc1ccc(S(=O)(=O)Nc2cc3ccccc3c3cc(C)ccc23)cc1. The van der Waals surface area contributed by atoms with Crippen molar-refractivity contribution in [1.82, 2.24) is 0 Å². The van der Waals surface area contributed by atoms with Crippen molar-refractivity contribution < 1.29 is 8.42 Å². The van der Waals surface area contributed by atoms with Crippen LogP contribution in [0.1, 0.15) is 11.1 Å². The Morgan fingerprint density at radius 3 is 2.15 bits per heavy atom. The van der Waals surface area contributed by atoms with E-state index in [4.69, 9.17) is 0 Å². The van der Waals surface area contributed by atoms with E-state index >= 15 is 0 Å². The fourth-order valence-electron chi connectivity index (χ4n) is 3.22. The number of fused-ring (bicyclic) bond motifs is 3. The van der Waals surface area contributed by atoms with Crippen molar-refractivity contribution in [3.8, 4) is 0 Å². The predicted molar refractivity (Wildman–Crippen MR) is 108 cm³/mol. The van der Waals surface area contributed by atoms with Crippen LogP contribution in [0.25, 0.3) is 21.5 Å². The Labute approximate surface area is 153 Å². The number of benzene rings is 4. The van der Waals surface area contributed by atoms with E-state index in [9.17, 15) is 8.42 Å². The van der Waals surface area contributed by atoms with E-state index in [0.29, 0.717) is 5.69 Å². The third kappa shape index (κ3) is 2.93. The Morgan fingerprint density at radius 1 is 0.692 bits per heavy atom. The summed E-state index contributed by atoms with van der Waals surface area (Å²) in [5, 5.41) is 4.06. The monoisotopic (exact) mass is 361 g/mol. The minimum atomic E-state index is -3.65. The molecule has 26 heavy (non-hydrogen) atoms. The van der Waals surface area contributed by atoms with Gasteiger partial charge in [0.2, 0.25) is 0 Å². The third-order valence-corrected chi connectivity index (χ3v) is 5.97. The zero-order chi connectivity index (χ0) is 18.3. The molecule has 4 aromatic rings. The van der Waals surface area contributed by atoms with Gasteiger partial charge in [0.25, 0.3) is 10.0 Å². The molecule has 4 aromatic carbocycles. The highest BCUT2D eigenvalue weighted by molar-refractivity contribution is 7.92. The first-order chi connectivity index (χ1) is 12.4. The van der Waals surface area contributed by atoms with Gasteiger partial charge in [-0.3, -0.25) is 4.72 Å². The Morgan fingerprint density at radius 2 is 1.38 bits per heavy atom. The highest BCUT2D eigenvalue weighted by Gasteiger charge is 2.16. The molecule has 3 nitrogen and oxygen atoms in total. The molecule has 1 N–H and O–H groups in total. The third-order valence-electron chi connectivity index (χ3n) is 4.59. The van der Waals surface area contributed by atoms with Crippen LogP contribution in [0, 0.1) is 13.8 Å². The van der Waals surface area contributed by atoms with Crippen molar-refractivity contribution in [1.29, 1.82) is 0 Å². The molecule has 0 amide bonds. The van der Waals surface area contributed by atoms with Gasteiger partial charge in [-0.05, 0) is 48.2 Å². The van der Waals surface area contributed by atoms with Crippen LogP contribution in [0.15, 0.2) is 77.7 Å². The molecule has 0 spiro atoms. The Balaban J connectivity index is 1.91. The van der Waals surface area contributed by atoms with Gasteiger partial charge in [-0.1, -0.05) is 65.7 Å². The van der Waals surface area contributed by atoms with Crippen LogP contribution in [0.4, 0.5) is 5.69 Å². The summed E-state index contributed by atoms with van der Waals surface area (Å²) in [7, 11) is -3.65. The van der Waals surface area contributed by atoms with Gasteiger partial charge in [-0.15, -0.1) is 0 Å². The van der Waals surface area contributed by atoms with Crippen LogP contribution in [-0.2, 0) is 10.0 Å². The first-order valence-electron chi connectivity index (χ1n) is 8.46. The summed E-state index contributed by atoms with van der Waals surface area (Å²) < 4.78 is 28.5. The highest BCUT2D eigenvalue weighted by Crippen LogP contribution is 2.33. The minimum absolute atomic E-state index is 0.261. The standard InChI is InChI=1S/C22H19NO2S/c1-15-7-10-18(11-8-15)26(24,25)23-22-14-17-5-3-4-6-19(17)21-13-16(2)9-12-20(21)22/h3-14,23H,1-2H3. The highest BCUT2D eigenvalue weighted by atomic mass is 32.2. The number of sulfonamides is 1. The van der Waals surface area contributed by atoms with Crippen molar-refractivity contribution in [3.05, 3.63) is 83.9 Å². The van der Waals surface area contributed by atoms with Crippen molar-refractivity contribution in [3.63, 3.8) is 0 Å². The summed E-state index contributed by atoms with van der Waals surface area (Å²) in [4.78, 5) is 0.261. The molecule has 4 heteroatoms. The molecule has 0 radical (unpaired) electrons. The topological polar surface area (TPSA) is 46.2 Å². The van der Waals surface area contributed by atoms with Crippen LogP contribution < -0.4 is 4.72 Å². The zero-order valence-electron chi connectivity index (χ0n) is 14.7. The molecule has 0 fully saturated rings. The number of hydrogen-bond donors (Lipinski definition) is 1. The molecule has 0 aliphatic carbocycles. The number of hydrogen-bond acceptors (Lipinski definition) is 2. The summed E-state index contributed by atoms with van der Waals surface area (Å²) in [5.41, 5.74) is 2.76. The zero-order valence-corrected chi connectivity index (χ0v) is 15.5. The number of rotatable bonds is 3. The Hall–Kier alpha value is -2.85. The van der Waals surface area contributed by atoms with E-state index in [1.807, 2.05) is 50.2 Å². The molecule has 0 aliphatic rings. The molecule has 4 rings (SSSR count). The van der Waals surface area contributed by atoms with Gasteiger partial charge in [-0.2, -0.15) is 0 Å². The molecule has 0 aliphatic heterocycles. The molecule has 130 valence electrons. The molecule has 0 heterocycles. The molecular weight excluding hydrogens is 342 g/mol. The van der Waals surface area contributed by atoms with Crippen LogP contribution in [0.5, 0.6) is 0 Å². The van der Waals surface area contributed by atoms with Gasteiger partial charge in [0.05, 0.1) is 10.6 Å². The van der Waals surface area contributed by atoms with Crippen LogP contribution in [0.3, 0.4) is 0 Å². The summed E-state index contributed by atoms with van der Waals surface area (Å²) in [6.45, 7) is 3.97. The lowest BCUT2D eigenvalue weighted by molar-refractivity contribution is 0.601. The first-order valence-corrected chi connectivity index (χ1v) is 9.94. The molecule has 0 atom stereocenters. The lowest BCUT2D eigenvalue weighted by Crippen LogP contribution is -2.13. The average Bonchev–Trinajstić information content (AvgIpc) is 2.62. The van der Waals surface area contributed by atoms with E-state index < -0.39 is 10.0 Å². The van der Waals surface area contributed by atoms with Crippen molar-refractivity contribution in [2.45, 2.75) is 18.7 Å². The maximum atomic E-state index is 12.8. The quantitative estimate of drug-likeness (QED) is 0.496. The molecule has 0 bridgehead atoms. The van der Waals surface area contributed by atoms with E-state index in [-0.39, 0.29) is 4.90 Å². The molecule has 0 saturated heterocycles. The number of anilines is 1. The van der Waals surface area contributed by atoms with Crippen LogP contribution in [-0.4, -0.2) is 8.42 Å². The Kier molecular flexibility index (Phi) is 3.93. The fraction of sp³-hybridized carbons (Fsp3) is 0.0909. The maximum Gasteiger partial charge on any atom is 0.261 e. The van der Waals surface area contributed by atoms with E-state index in [0.717, 1.165) is 32.7 Å². The minimum Gasteiger partial charge on any atom is -0.279 e. The van der Waals surface area contributed by atoms with Gasteiger partial charge >= 0.3 is 0 Å². The second-order valence-corrected chi connectivity index (χ2v) is 8.30. The predicted octanol–water partition coefficient (Wildman–Crippen LogP) is 5.41. The number of aryl methyl sites for hydroxylation is 2. The summed E-state index contributed by atoms with van der Waals surface area (Å²) in [5.74, 6) is 0. The molecule has 0 aromatic heterocycles. The summed E-state index contributed by atoms with van der Waals surface area (Å²) >= 11 is 0. The molecular formula is C22H19NO2S. The summed E-state index contributed by atoms with van der Waals surface area (Å²) in [6, 6.07) is 22.9.